The first kappa shape index (κ1) is 14.0. The molecule has 2 nitrogen and oxygen atoms in total. The van der Waals surface area contributed by atoms with Gasteiger partial charge in [-0.25, -0.2) is 0 Å². The standard InChI is InChI=1S/C16H20N2S2/c1-3-11(4-2)15-10-17-16(20-15)18-13-5-6-14-12(9-13)7-8-19-14/h5-9,11,15H,3-4,10H2,1-2H3,(H,17,18). The highest BCUT2D eigenvalue weighted by atomic mass is 32.2. The molecule has 1 aliphatic heterocycles. The van der Waals surface area contributed by atoms with Gasteiger partial charge in [0, 0.05) is 15.6 Å². The van der Waals surface area contributed by atoms with Crippen LogP contribution in [0.3, 0.4) is 0 Å². The van der Waals surface area contributed by atoms with E-state index in [1.165, 1.54) is 22.9 Å². The molecule has 4 heteroatoms. The van der Waals surface area contributed by atoms with Crippen molar-refractivity contribution < 1.29 is 0 Å². The van der Waals surface area contributed by atoms with Gasteiger partial charge < -0.3 is 5.32 Å². The second-order valence-electron chi connectivity index (χ2n) is 5.18. The molecule has 0 radical (unpaired) electrons. The lowest BCUT2D eigenvalue weighted by Gasteiger charge is -2.18. The first-order chi connectivity index (χ1) is 9.80. The number of rotatable bonds is 4. The number of benzene rings is 1. The van der Waals surface area contributed by atoms with E-state index in [2.05, 4.69) is 53.8 Å². The average Bonchev–Trinajstić information content (AvgIpc) is 3.09. The molecular weight excluding hydrogens is 284 g/mol. The summed E-state index contributed by atoms with van der Waals surface area (Å²) in [5, 5.41) is 8.65. The third kappa shape index (κ3) is 2.86. The van der Waals surface area contributed by atoms with Crippen molar-refractivity contribution in [1.29, 1.82) is 0 Å². The van der Waals surface area contributed by atoms with Gasteiger partial charge in [-0.3, -0.25) is 4.99 Å². The lowest BCUT2D eigenvalue weighted by molar-refractivity contribution is 0.479. The maximum Gasteiger partial charge on any atom is 0.161 e. The molecule has 1 atom stereocenters. The molecule has 0 fully saturated rings. The summed E-state index contributed by atoms with van der Waals surface area (Å²) in [5.74, 6) is 0.780. The molecule has 1 unspecified atom stereocenters. The van der Waals surface area contributed by atoms with Crippen LogP contribution in [0.15, 0.2) is 34.6 Å². The smallest absolute Gasteiger partial charge is 0.161 e. The van der Waals surface area contributed by atoms with Gasteiger partial charge in [0.15, 0.2) is 5.17 Å². The fourth-order valence-electron chi connectivity index (χ4n) is 2.69. The van der Waals surface area contributed by atoms with E-state index in [1.807, 2.05) is 11.8 Å². The van der Waals surface area contributed by atoms with Crippen LogP contribution in [0, 0.1) is 5.92 Å². The number of hydrogen-bond donors (Lipinski definition) is 1. The molecule has 0 amide bonds. The largest absolute Gasteiger partial charge is 0.335 e. The Morgan fingerprint density at radius 1 is 1.30 bits per heavy atom. The molecule has 0 saturated heterocycles. The summed E-state index contributed by atoms with van der Waals surface area (Å²) < 4.78 is 1.34. The summed E-state index contributed by atoms with van der Waals surface area (Å²) in [7, 11) is 0. The third-order valence-electron chi connectivity index (χ3n) is 3.96. The number of amidine groups is 1. The first-order valence-corrected chi connectivity index (χ1v) is 9.01. The van der Waals surface area contributed by atoms with Gasteiger partial charge in [0.05, 0.1) is 6.54 Å². The number of nitrogens with zero attached hydrogens (tertiary/aromatic N) is 1. The van der Waals surface area contributed by atoms with Crippen molar-refractivity contribution in [1.82, 2.24) is 0 Å². The van der Waals surface area contributed by atoms with Crippen molar-refractivity contribution in [2.24, 2.45) is 10.9 Å². The van der Waals surface area contributed by atoms with Crippen LogP contribution in [-0.4, -0.2) is 17.0 Å². The highest BCUT2D eigenvalue weighted by Crippen LogP contribution is 2.32. The van der Waals surface area contributed by atoms with E-state index in [0.29, 0.717) is 5.25 Å². The number of thiophene rings is 1. The molecule has 0 saturated carbocycles. The summed E-state index contributed by atoms with van der Waals surface area (Å²) in [5.41, 5.74) is 1.15. The van der Waals surface area contributed by atoms with Crippen LogP contribution in [-0.2, 0) is 0 Å². The van der Waals surface area contributed by atoms with Crippen molar-refractivity contribution in [2.75, 3.05) is 11.9 Å². The highest BCUT2D eigenvalue weighted by molar-refractivity contribution is 8.15. The van der Waals surface area contributed by atoms with Crippen LogP contribution in [0.25, 0.3) is 10.1 Å². The Morgan fingerprint density at radius 2 is 2.15 bits per heavy atom. The van der Waals surface area contributed by atoms with E-state index in [-0.39, 0.29) is 0 Å². The van der Waals surface area contributed by atoms with E-state index in [0.717, 1.165) is 23.3 Å². The minimum atomic E-state index is 0.650. The lowest BCUT2D eigenvalue weighted by atomic mass is 9.99. The van der Waals surface area contributed by atoms with Gasteiger partial charge in [0.1, 0.15) is 0 Å². The summed E-state index contributed by atoms with van der Waals surface area (Å²) in [4.78, 5) is 4.67. The zero-order valence-electron chi connectivity index (χ0n) is 11.9. The maximum absolute atomic E-state index is 4.67. The maximum atomic E-state index is 4.67. The van der Waals surface area contributed by atoms with E-state index in [9.17, 15) is 0 Å². The number of anilines is 1. The Bertz CT molecular complexity index is 614. The fraction of sp³-hybridized carbons (Fsp3) is 0.438. The molecule has 1 aromatic heterocycles. The minimum Gasteiger partial charge on any atom is -0.335 e. The van der Waals surface area contributed by atoms with E-state index in [4.69, 9.17) is 0 Å². The van der Waals surface area contributed by atoms with Crippen molar-refractivity contribution in [3.05, 3.63) is 29.6 Å². The number of fused-ring (bicyclic) bond motifs is 1. The fourth-order valence-corrected chi connectivity index (χ4v) is 4.80. The molecule has 0 bridgehead atoms. The van der Waals surface area contributed by atoms with Crippen molar-refractivity contribution in [3.8, 4) is 0 Å². The van der Waals surface area contributed by atoms with Crippen LogP contribution in [0.2, 0.25) is 0 Å². The molecule has 20 heavy (non-hydrogen) atoms. The van der Waals surface area contributed by atoms with E-state index < -0.39 is 0 Å². The third-order valence-corrected chi connectivity index (χ3v) is 6.15. The zero-order chi connectivity index (χ0) is 13.9. The molecule has 106 valence electrons. The second-order valence-corrected chi connectivity index (χ2v) is 7.35. The Kier molecular flexibility index (Phi) is 4.32. The number of thioether (sulfide) groups is 1. The number of hydrogen-bond acceptors (Lipinski definition) is 4. The minimum absolute atomic E-state index is 0.650. The summed E-state index contributed by atoms with van der Waals surface area (Å²) in [6, 6.07) is 8.70. The average molecular weight is 304 g/mol. The van der Waals surface area contributed by atoms with E-state index >= 15 is 0 Å². The van der Waals surface area contributed by atoms with E-state index in [1.54, 1.807) is 11.3 Å². The van der Waals surface area contributed by atoms with Gasteiger partial charge in [-0.1, -0.05) is 38.5 Å². The zero-order valence-corrected chi connectivity index (χ0v) is 13.6. The Hall–Kier alpha value is -1.00. The van der Waals surface area contributed by atoms with Crippen LogP contribution < -0.4 is 5.32 Å². The molecule has 1 N–H and O–H groups in total. The molecule has 1 aromatic carbocycles. The predicted molar refractivity (Wildman–Crippen MR) is 93.2 cm³/mol. The van der Waals surface area contributed by atoms with Gasteiger partial charge in [-0.15, -0.1) is 11.3 Å². The Labute approximate surface area is 128 Å². The van der Waals surface area contributed by atoms with Gasteiger partial charge in [-0.05, 0) is 40.9 Å². The Balaban J connectivity index is 1.66. The van der Waals surface area contributed by atoms with Crippen LogP contribution >= 0.6 is 23.1 Å². The van der Waals surface area contributed by atoms with Crippen molar-refractivity contribution in [2.45, 2.75) is 31.9 Å². The summed E-state index contributed by atoms with van der Waals surface area (Å²) in [6.07, 6.45) is 2.50. The van der Waals surface area contributed by atoms with Crippen molar-refractivity contribution in [3.63, 3.8) is 0 Å². The molecule has 0 aliphatic carbocycles. The van der Waals surface area contributed by atoms with Crippen LogP contribution in [0.1, 0.15) is 26.7 Å². The number of nitrogens with one attached hydrogen (secondary N) is 1. The van der Waals surface area contributed by atoms with Gasteiger partial charge in [-0.2, -0.15) is 0 Å². The first-order valence-electron chi connectivity index (χ1n) is 7.25. The normalized spacial score (nSPS) is 18.8. The highest BCUT2D eigenvalue weighted by Gasteiger charge is 2.25. The molecule has 2 heterocycles. The van der Waals surface area contributed by atoms with Gasteiger partial charge >= 0.3 is 0 Å². The SMILES string of the molecule is CCC(CC)C1CN=C(Nc2ccc3sccc3c2)S1. The van der Waals surface area contributed by atoms with Gasteiger partial charge in [0.25, 0.3) is 0 Å². The monoisotopic (exact) mass is 304 g/mol. The molecule has 2 aromatic rings. The molecule has 3 rings (SSSR count). The van der Waals surface area contributed by atoms with Gasteiger partial charge in [0.2, 0.25) is 0 Å². The number of aliphatic imine (C=N–C) groups is 1. The lowest BCUT2D eigenvalue weighted by Crippen LogP contribution is -2.17. The predicted octanol–water partition coefficient (Wildman–Crippen LogP) is 5.22. The molecule has 0 spiro atoms. The Morgan fingerprint density at radius 3 is 2.95 bits per heavy atom. The topological polar surface area (TPSA) is 24.4 Å². The second kappa shape index (κ2) is 6.19. The van der Waals surface area contributed by atoms with Crippen LogP contribution in [0.5, 0.6) is 0 Å². The molecular formula is C16H20N2S2. The summed E-state index contributed by atoms with van der Waals surface area (Å²) >= 11 is 3.70. The van der Waals surface area contributed by atoms with Crippen LogP contribution in [0.4, 0.5) is 5.69 Å². The molecule has 1 aliphatic rings. The quantitative estimate of drug-likeness (QED) is 0.837. The van der Waals surface area contributed by atoms with Crippen molar-refractivity contribution >= 4 is 44.0 Å². The summed E-state index contributed by atoms with van der Waals surface area (Å²) in [6.45, 7) is 5.52.